The Morgan fingerprint density at radius 2 is 1.89 bits per heavy atom. The molecule has 1 aromatic heterocycles. The lowest BCUT2D eigenvalue weighted by Crippen LogP contribution is -2.46. The highest BCUT2D eigenvalue weighted by molar-refractivity contribution is 9.10. The highest BCUT2D eigenvalue weighted by Crippen LogP contribution is 2.29. The first-order valence-corrected chi connectivity index (χ1v) is 12.2. The maximum atomic E-state index is 13.1. The summed E-state index contributed by atoms with van der Waals surface area (Å²) in [5, 5.41) is 5.73. The highest BCUT2D eigenvalue weighted by Gasteiger charge is 2.22. The van der Waals surface area contributed by atoms with Gasteiger partial charge in [-0.15, -0.1) is 0 Å². The van der Waals surface area contributed by atoms with Gasteiger partial charge in [-0.05, 0) is 68.6 Å². The number of carbonyl (C=O) groups excluding carboxylic acids is 2. The lowest BCUT2D eigenvalue weighted by atomic mass is 10.1. The van der Waals surface area contributed by atoms with Crippen molar-refractivity contribution in [1.29, 1.82) is 0 Å². The molecule has 0 radical (unpaired) electrons. The van der Waals surface area contributed by atoms with Gasteiger partial charge >= 0.3 is 6.09 Å². The summed E-state index contributed by atoms with van der Waals surface area (Å²) in [6.45, 7) is 9.55. The van der Waals surface area contributed by atoms with E-state index in [0.717, 1.165) is 16.7 Å². The van der Waals surface area contributed by atoms with Crippen molar-refractivity contribution in [2.24, 2.45) is 4.99 Å². The third kappa shape index (κ3) is 9.94. The van der Waals surface area contributed by atoms with Crippen LogP contribution in [0.25, 0.3) is 5.57 Å². The molecular formula is C27H34BrN3O4. The first-order chi connectivity index (χ1) is 16.5. The Morgan fingerprint density at radius 1 is 1.20 bits per heavy atom. The Labute approximate surface area is 215 Å². The number of nitrogens with zero attached hydrogens (tertiary/aromatic N) is 1. The van der Waals surface area contributed by atoms with E-state index in [4.69, 9.17) is 9.15 Å². The van der Waals surface area contributed by atoms with Crippen molar-refractivity contribution >= 4 is 39.7 Å². The smallest absolute Gasteiger partial charge is 0.407 e. The second-order valence-corrected chi connectivity index (χ2v) is 10.1. The van der Waals surface area contributed by atoms with Crippen LogP contribution in [0.2, 0.25) is 0 Å². The molecule has 1 aromatic carbocycles. The number of ether oxygens (including phenoxy) is 1. The van der Waals surface area contributed by atoms with Gasteiger partial charge in [0.2, 0.25) is 0 Å². The fourth-order valence-electron chi connectivity index (χ4n) is 3.18. The van der Waals surface area contributed by atoms with Crippen LogP contribution in [0.1, 0.15) is 56.5 Å². The van der Waals surface area contributed by atoms with E-state index in [1.807, 2.05) is 56.3 Å². The molecule has 7 nitrogen and oxygen atoms in total. The van der Waals surface area contributed by atoms with Crippen molar-refractivity contribution < 1.29 is 18.7 Å². The lowest BCUT2D eigenvalue weighted by Gasteiger charge is -2.22. The van der Waals surface area contributed by atoms with Crippen molar-refractivity contribution in [3.63, 3.8) is 0 Å². The first-order valence-electron chi connectivity index (χ1n) is 11.4. The van der Waals surface area contributed by atoms with E-state index < -0.39 is 11.7 Å². The number of hydrogen-bond acceptors (Lipinski definition) is 5. The van der Waals surface area contributed by atoms with Crippen LogP contribution in [-0.2, 0) is 11.2 Å². The molecule has 0 aliphatic rings. The van der Waals surface area contributed by atoms with Crippen molar-refractivity contribution in [2.75, 3.05) is 13.6 Å². The standard InChI is InChI=1S/C27H34BrN3O4/c1-18(2)14-20(12-13-29-6)24-22(28)16-23(34-24)25(32)31-21(15-19-10-8-7-9-11-19)17-30-26(33)35-27(3,4)5/h7-14,16,21H,15,17H2,1-6H3,(H,30,33)(H,31,32)/b20-12+,29-13-. The van der Waals surface area contributed by atoms with E-state index >= 15 is 0 Å². The molecule has 188 valence electrons. The number of nitrogens with one attached hydrogen (secondary N) is 2. The van der Waals surface area contributed by atoms with Crippen molar-refractivity contribution in [3.8, 4) is 0 Å². The van der Waals surface area contributed by atoms with Crippen molar-refractivity contribution in [2.45, 2.75) is 52.7 Å². The molecule has 8 heteroatoms. The minimum atomic E-state index is -0.613. The molecule has 35 heavy (non-hydrogen) atoms. The lowest BCUT2D eigenvalue weighted by molar-refractivity contribution is 0.0519. The average molecular weight is 544 g/mol. The Kier molecular flexibility index (Phi) is 10.5. The molecule has 0 saturated carbocycles. The molecule has 0 fully saturated rings. The van der Waals surface area contributed by atoms with Gasteiger partial charge in [0.1, 0.15) is 11.4 Å². The van der Waals surface area contributed by atoms with Crippen LogP contribution >= 0.6 is 15.9 Å². The number of hydrogen-bond donors (Lipinski definition) is 2. The quantitative estimate of drug-likeness (QED) is 0.301. The summed E-state index contributed by atoms with van der Waals surface area (Å²) in [6.07, 6.45) is 5.42. The molecule has 0 aliphatic carbocycles. The van der Waals surface area contributed by atoms with E-state index in [-0.39, 0.29) is 24.3 Å². The number of amides is 2. The number of benzene rings is 1. The molecular weight excluding hydrogens is 510 g/mol. The average Bonchev–Trinajstić information content (AvgIpc) is 3.16. The fourth-order valence-corrected chi connectivity index (χ4v) is 3.70. The molecule has 2 amide bonds. The predicted octanol–water partition coefficient (Wildman–Crippen LogP) is 5.96. The number of alkyl carbamates (subject to hydrolysis) is 1. The largest absolute Gasteiger partial charge is 0.450 e. The SMILES string of the molecule is C/N=C\C=C(/C=C(C)C)c1oc(C(=O)NC(CNC(=O)OC(C)(C)C)Cc2ccccc2)cc1Br. The van der Waals surface area contributed by atoms with Crippen LogP contribution in [0.4, 0.5) is 4.79 Å². The monoisotopic (exact) mass is 543 g/mol. The highest BCUT2D eigenvalue weighted by atomic mass is 79.9. The van der Waals surface area contributed by atoms with Crippen LogP contribution in [0.5, 0.6) is 0 Å². The second kappa shape index (κ2) is 13.1. The molecule has 0 saturated heterocycles. The number of halogens is 1. The summed E-state index contributed by atoms with van der Waals surface area (Å²) >= 11 is 3.50. The molecule has 2 rings (SSSR count). The first kappa shape index (κ1) is 28.1. The van der Waals surface area contributed by atoms with Crippen molar-refractivity contribution in [3.05, 3.63) is 75.7 Å². The van der Waals surface area contributed by atoms with Crippen LogP contribution in [0, 0.1) is 0 Å². The third-order valence-corrected chi connectivity index (χ3v) is 5.16. The summed E-state index contributed by atoms with van der Waals surface area (Å²) in [5.41, 5.74) is 2.27. The van der Waals surface area contributed by atoms with E-state index in [2.05, 4.69) is 31.6 Å². The van der Waals surface area contributed by atoms with Crippen LogP contribution < -0.4 is 10.6 Å². The summed E-state index contributed by atoms with van der Waals surface area (Å²) in [6, 6.07) is 11.0. The Hall–Kier alpha value is -3.13. The Balaban J connectivity index is 2.22. The van der Waals surface area contributed by atoms with Gasteiger partial charge in [-0.25, -0.2) is 4.79 Å². The Morgan fingerprint density at radius 3 is 2.49 bits per heavy atom. The third-order valence-electron chi connectivity index (χ3n) is 4.57. The van der Waals surface area contributed by atoms with E-state index in [1.165, 1.54) is 0 Å². The summed E-state index contributed by atoms with van der Waals surface area (Å²) in [5.74, 6) is 0.302. The molecule has 2 aromatic rings. The zero-order valence-corrected chi connectivity index (χ0v) is 22.7. The molecule has 2 N–H and O–H groups in total. The summed E-state index contributed by atoms with van der Waals surface area (Å²) in [7, 11) is 1.69. The van der Waals surface area contributed by atoms with Gasteiger partial charge in [0.05, 0.1) is 10.5 Å². The van der Waals surface area contributed by atoms with Crippen molar-refractivity contribution in [1.82, 2.24) is 10.6 Å². The molecule has 1 unspecified atom stereocenters. The van der Waals surface area contributed by atoms with E-state index in [0.29, 0.717) is 16.7 Å². The van der Waals surface area contributed by atoms with E-state index in [9.17, 15) is 9.59 Å². The van der Waals surface area contributed by atoms with Crippen LogP contribution in [0.15, 0.2) is 68.0 Å². The van der Waals surface area contributed by atoms with Gasteiger partial charge in [0.25, 0.3) is 5.91 Å². The zero-order valence-electron chi connectivity index (χ0n) is 21.1. The van der Waals surface area contributed by atoms with Gasteiger partial charge < -0.3 is 19.8 Å². The van der Waals surface area contributed by atoms with E-state index in [1.54, 1.807) is 40.1 Å². The maximum absolute atomic E-state index is 13.1. The summed E-state index contributed by atoms with van der Waals surface area (Å²) in [4.78, 5) is 29.3. The minimum Gasteiger partial charge on any atom is -0.450 e. The van der Waals surface area contributed by atoms with Gasteiger partial charge in [0, 0.05) is 31.4 Å². The predicted molar refractivity (Wildman–Crippen MR) is 144 cm³/mol. The molecule has 1 heterocycles. The van der Waals surface area contributed by atoms with Gasteiger partial charge in [-0.2, -0.15) is 0 Å². The number of rotatable bonds is 9. The van der Waals surface area contributed by atoms with Gasteiger partial charge in [-0.1, -0.05) is 42.0 Å². The van der Waals surface area contributed by atoms with Gasteiger partial charge in [-0.3, -0.25) is 9.79 Å². The number of allylic oxidation sites excluding steroid dienone is 4. The zero-order chi connectivity index (χ0) is 26.0. The maximum Gasteiger partial charge on any atom is 0.407 e. The molecule has 0 bridgehead atoms. The molecule has 0 aliphatic heterocycles. The molecule has 1 atom stereocenters. The minimum absolute atomic E-state index is 0.156. The summed E-state index contributed by atoms with van der Waals surface area (Å²) < 4.78 is 11.9. The van der Waals surface area contributed by atoms with Crippen LogP contribution in [-0.4, -0.2) is 43.5 Å². The number of furan rings is 1. The van der Waals surface area contributed by atoms with Gasteiger partial charge in [0.15, 0.2) is 5.76 Å². The second-order valence-electron chi connectivity index (χ2n) is 9.28. The normalized spacial score (nSPS) is 12.8. The number of aliphatic imine (C=N–C) groups is 1. The Bertz CT molecular complexity index is 1090. The molecule has 0 spiro atoms. The topological polar surface area (TPSA) is 92.9 Å². The fraction of sp³-hybridized carbons (Fsp3) is 0.370. The number of carbonyl (C=O) groups is 2. The van der Waals surface area contributed by atoms with Crippen LogP contribution in [0.3, 0.4) is 0 Å².